The van der Waals surface area contributed by atoms with Crippen molar-refractivity contribution >= 4 is 0 Å². The van der Waals surface area contributed by atoms with Gasteiger partial charge >= 0.3 is 6.18 Å². The zero-order valence-corrected chi connectivity index (χ0v) is 10.4. The van der Waals surface area contributed by atoms with Crippen LogP contribution in [0.25, 0.3) is 0 Å². The maximum atomic E-state index is 12.3. The lowest BCUT2D eigenvalue weighted by Crippen LogP contribution is -2.51. The molecule has 0 aromatic heterocycles. The number of rotatable bonds is 7. The normalized spacial score (nSPS) is 13.5. The van der Waals surface area contributed by atoms with Crippen LogP contribution in [0.1, 0.15) is 40.0 Å². The van der Waals surface area contributed by atoms with E-state index in [1.165, 1.54) is 4.90 Å². The third-order valence-corrected chi connectivity index (χ3v) is 2.89. The molecule has 98 valence electrons. The molecule has 0 bridgehead atoms. The van der Waals surface area contributed by atoms with Crippen molar-refractivity contribution in [1.82, 2.24) is 4.90 Å². The summed E-state index contributed by atoms with van der Waals surface area (Å²) in [5.41, 5.74) is 5.54. The molecule has 0 aliphatic rings. The first-order chi connectivity index (χ1) is 7.26. The summed E-state index contributed by atoms with van der Waals surface area (Å²) in [6.45, 7) is 5.60. The van der Waals surface area contributed by atoms with Crippen LogP contribution in [0.5, 0.6) is 0 Å². The minimum Gasteiger partial charge on any atom is -0.324 e. The van der Waals surface area contributed by atoms with Gasteiger partial charge < -0.3 is 5.73 Å². The number of nitrogens with zero attached hydrogens (tertiary/aromatic N) is 1. The van der Waals surface area contributed by atoms with E-state index in [0.29, 0.717) is 32.4 Å². The molecule has 0 heterocycles. The van der Waals surface area contributed by atoms with Gasteiger partial charge in [-0.25, -0.2) is 0 Å². The fraction of sp³-hybridized carbons (Fsp3) is 1.00. The van der Waals surface area contributed by atoms with Gasteiger partial charge in [0.15, 0.2) is 0 Å². The SMILES string of the molecule is CCCN(CC(F)(F)F)CC(N)(CC)CC. The topological polar surface area (TPSA) is 29.3 Å². The molecule has 0 radical (unpaired) electrons. The van der Waals surface area contributed by atoms with E-state index in [4.69, 9.17) is 5.73 Å². The van der Waals surface area contributed by atoms with E-state index in [-0.39, 0.29) is 0 Å². The molecule has 2 N–H and O–H groups in total. The molecule has 0 spiro atoms. The minimum absolute atomic E-state index is 0.313. The van der Waals surface area contributed by atoms with E-state index in [9.17, 15) is 13.2 Å². The number of hydrogen-bond donors (Lipinski definition) is 1. The van der Waals surface area contributed by atoms with Crippen LogP contribution in [-0.2, 0) is 0 Å². The first-order valence-electron chi connectivity index (χ1n) is 5.84. The Kier molecular flexibility index (Phi) is 6.33. The van der Waals surface area contributed by atoms with Gasteiger partial charge in [0.05, 0.1) is 6.54 Å². The Morgan fingerprint density at radius 3 is 1.81 bits per heavy atom. The van der Waals surface area contributed by atoms with Crippen LogP contribution in [0.15, 0.2) is 0 Å². The van der Waals surface area contributed by atoms with Crippen molar-refractivity contribution in [1.29, 1.82) is 0 Å². The Hall–Kier alpha value is -0.290. The zero-order valence-electron chi connectivity index (χ0n) is 10.4. The second-order valence-corrected chi connectivity index (χ2v) is 4.40. The molecule has 0 rings (SSSR count). The Morgan fingerprint density at radius 2 is 1.50 bits per heavy atom. The van der Waals surface area contributed by atoms with E-state index < -0.39 is 18.3 Å². The smallest absolute Gasteiger partial charge is 0.324 e. The molecule has 0 unspecified atom stereocenters. The maximum absolute atomic E-state index is 12.3. The summed E-state index contributed by atoms with van der Waals surface area (Å²) in [6, 6.07) is 0. The predicted molar refractivity (Wildman–Crippen MR) is 60.3 cm³/mol. The van der Waals surface area contributed by atoms with Crippen LogP contribution < -0.4 is 5.73 Å². The van der Waals surface area contributed by atoms with E-state index in [0.717, 1.165) is 0 Å². The summed E-state index contributed by atoms with van der Waals surface area (Å²) in [5.74, 6) is 0. The summed E-state index contributed by atoms with van der Waals surface area (Å²) < 4.78 is 37.0. The molecule has 0 fully saturated rings. The molecular weight excluding hydrogens is 217 g/mol. The summed E-state index contributed by atoms with van der Waals surface area (Å²) in [7, 11) is 0. The Labute approximate surface area is 96.0 Å². The van der Waals surface area contributed by atoms with Crippen LogP contribution in [-0.4, -0.2) is 36.2 Å². The highest BCUT2D eigenvalue weighted by Crippen LogP contribution is 2.20. The number of alkyl halides is 3. The van der Waals surface area contributed by atoms with Gasteiger partial charge in [-0.2, -0.15) is 13.2 Å². The van der Waals surface area contributed by atoms with Crippen LogP contribution in [0, 0.1) is 0 Å². The van der Waals surface area contributed by atoms with Gasteiger partial charge in [-0.1, -0.05) is 20.8 Å². The van der Waals surface area contributed by atoms with E-state index >= 15 is 0 Å². The second-order valence-electron chi connectivity index (χ2n) is 4.40. The molecule has 0 saturated carbocycles. The Morgan fingerprint density at radius 1 is 1.00 bits per heavy atom. The molecule has 16 heavy (non-hydrogen) atoms. The van der Waals surface area contributed by atoms with Gasteiger partial charge in [0.25, 0.3) is 0 Å². The molecule has 0 aromatic rings. The lowest BCUT2D eigenvalue weighted by atomic mass is 9.93. The van der Waals surface area contributed by atoms with Crippen molar-refractivity contribution in [2.75, 3.05) is 19.6 Å². The highest BCUT2D eigenvalue weighted by molar-refractivity contribution is 4.85. The van der Waals surface area contributed by atoms with E-state index in [1.54, 1.807) is 0 Å². The monoisotopic (exact) mass is 240 g/mol. The lowest BCUT2D eigenvalue weighted by molar-refractivity contribution is -0.147. The zero-order chi connectivity index (χ0) is 12.8. The van der Waals surface area contributed by atoms with Gasteiger partial charge in [-0.15, -0.1) is 0 Å². The first-order valence-corrected chi connectivity index (χ1v) is 5.84. The van der Waals surface area contributed by atoms with Crippen molar-refractivity contribution in [3.05, 3.63) is 0 Å². The largest absolute Gasteiger partial charge is 0.401 e. The van der Waals surface area contributed by atoms with Gasteiger partial charge in [0.1, 0.15) is 0 Å². The third-order valence-electron chi connectivity index (χ3n) is 2.89. The maximum Gasteiger partial charge on any atom is 0.401 e. The van der Waals surface area contributed by atoms with Gasteiger partial charge in [-0.3, -0.25) is 4.90 Å². The van der Waals surface area contributed by atoms with Gasteiger partial charge in [0, 0.05) is 12.1 Å². The highest BCUT2D eigenvalue weighted by atomic mass is 19.4. The molecule has 0 saturated heterocycles. The molecule has 0 aliphatic carbocycles. The Balaban J connectivity index is 4.43. The van der Waals surface area contributed by atoms with Crippen LogP contribution in [0.3, 0.4) is 0 Å². The summed E-state index contributed by atoms with van der Waals surface area (Å²) in [6.07, 6.45) is -2.04. The average molecular weight is 240 g/mol. The van der Waals surface area contributed by atoms with Crippen LogP contribution in [0.4, 0.5) is 13.2 Å². The number of hydrogen-bond acceptors (Lipinski definition) is 2. The Bertz CT molecular complexity index is 188. The fourth-order valence-corrected chi connectivity index (χ4v) is 1.70. The van der Waals surface area contributed by atoms with Gasteiger partial charge in [-0.05, 0) is 25.8 Å². The molecule has 2 nitrogen and oxygen atoms in total. The average Bonchev–Trinajstić information content (AvgIpc) is 2.15. The summed E-state index contributed by atoms with van der Waals surface area (Å²) >= 11 is 0. The van der Waals surface area contributed by atoms with E-state index in [2.05, 4.69) is 0 Å². The fourth-order valence-electron chi connectivity index (χ4n) is 1.70. The van der Waals surface area contributed by atoms with Crippen LogP contribution >= 0.6 is 0 Å². The standard InChI is InChI=1S/C11H23F3N2/c1-4-7-16(9-11(12,13)14)8-10(15,5-2)6-3/h4-9,15H2,1-3H3. The summed E-state index contributed by atoms with van der Waals surface area (Å²) in [5, 5.41) is 0. The highest BCUT2D eigenvalue weighted by Gasteiger charge is 2.33. The van der Waals surface area contributed by atoms with Crippen molar-refractivity contribution in [2.45, 2.75) is 51.7 Å². The molecule has 5 heteroatoms. The van der Waals surface area contributed by atoms with Crippen molar-refractivity contribution in [2.24, 2.45) is 5.73 Å². The van der Waals surface area contributed by atoms with Gasteiger partial charge in [0.2, 0.25) is 0 Å². The van der Waals surface area contributed by atoms with E-state index in [1.807, 2.05) is 20.8 Å². The quantitative estimate of drug-likeness (QED) is 0.741. The van der Waals surface area contributed by atoms with Crippen molar-refractivity contribution < 1.29 is 13.2 Å². The number of nitrogens with two attached hydrogens (primary N) is 1. The molecular formula is C11H23F3N2. The number of halogens is 3. The molecule has 0 amide bonds. The minimum atomic E-state index is -4.14. The summed E-state index contributed by atoms with van der Waals surface area (Å²) in [4.78, 5) is 1.41. The lowest BCUT2D eigenvalue weighted by Gasteiger charge is -2.34. The molecule has 0 aromatic carbocycles. The second kappa shape index (κ2) is 6.45. The molecule has 0 aliphatic heterocycles. The van der Waals surface area contributed by atoms with Crippen LogP contribution in [0.2, 0.25) is 0 Å². The molecule has 0 atom stereocenters. The van der Waals surface area contributed by atoms with Crippen molar-refractivity contribution in [3.63, 3.8) is 0 Å². The van der Waals surface area contributed by atoms with Crippen molar-refractivity contribution in [3.8, 4) is 0 Å². The predicted octanol–water partition coefficient (Wildman–Crippen LogP) is 2.78. The third kappa shape index (κ3) is 6.33. The first kappa shape index (κ1) is 15.7.